The second-order valence-corrected chi connectivity index (χ2v) is 6.56. The summed E-state index contributed by atoms with van der Waals surface area (Å²) in [6.45, 7) is 0.677. The summed E-state index contributed by atoms with van der Waals surface area (Å²) in [5, 5.41) is 4.45. The van der Waals surface area contributed by atoms with Gasteiger partial charge in [-0.3, -0.25) is 18.8 Å². The van der Waals surface area contributed by atoms with E-state index < -0.39 is 11.5 Å². The molecule has 7 nitrogen and oxygen atoms in total. The minimum atomic E-state index is -0.525. The molecule has 4 rings (SSSR count). The van der Waals surface area contributed by atoms with Crippen LogP contribution in [0.1, 0.15) is 23.2 Å². The molecule has 0 unspecified atom stereocenters. The Balaban J connectivity index is 1.61. The molecule has 3 heterocycles. The number of hydrogen-bond acceptors (Lipinski definition) is 5. The summed E-state index contributed by atoms with van der Waals surface area (Å²) in [7, 11) is 0. The number of amides is 2. The molecule has 3 aromatic rings. The maximum absolute atomic E-state index is 12.5. The lowest BCUT2D eigenvalue weighted by Gasteiger charge is -2.16. The molecular weight excluding hydrogens is 340 g/mol. The van der Waals surface area contributed by atoms with Crippen LogP contribution >= 0.6 is 11.3 Å². The van der Waals surface area contributed by atoms with Crippen molar-refractivity contribution in [3.63, 3.8) is 0 Å². The third-order valence-corrected chi connectivity index (χ3v) is 4.85. The number of nitrogens with one attached hydrogen (secondary N) is 1. The van der Waals surface area contributed by atoms with Gasteiger partial charge in [0, 0.05) is 42.1 Å². The number of hydrogen-bond donors (Lipinski definition) is 1. The molecule has 0 radical (unpaired) electrons. The van der Waals surface area contributed by atoms with E-state index in [0.29, 0.717) is 23.6 Å². The third-order valence-electron chi connectivity index (χ3n) is 4.08. The smallest absolute Gasteiger partial charge is 0.271 e. The van der Waals surface area contributed by atoms with E-state index >= 15 is 0 Å². The number of nitrogens with zero attached hydrogens (tertiary/aromatic N) is 3. The zero-order valence-corrected chi connectivity index (χ0v) is 14.0. The van der Waals surface area contributed by atoms with Gasteiger partial charge in [-0.1, -0.05) is 6.07 Å². The molecule has 0 aliphatic carbocycles. The summed E-state index contributed by atoms with van der Waals surface area (Å²) in [5.74, 6) is -0.447. The molecule has 0 saturated carbocycles. The van der Waals surface area contributed by atoms with Crippen molar-refractivity contribution < 1.29 is 9.59 Å². The van der Waals surface area contributed by atoms with E-state index in [4.69, 9.17) is 0 Å². The molecule has 25 heavy (non-hydrogen) atoms. The van der Waals surface area contributed by atoms with Crippen molar-refractivity contribution in [2.24, 2.45) is 0 Å². The van der Waals surface area contributed by atoms with Gasteiger partial charge in [0.1, 0.15) is 5.56 Å². The summed E-state index contributed by atoms with van der Waals surface area (Å²) < 4.78 is 1.35. The van der Waals surface area contributed by atoms with Gasteiger partial charge >= 0.3 is 0 Å². The summed E-state index contributed by atoms with van der Waals surface area (Å²) in [6.07, 6.45) is 4.25. The molecule has 8 heteroatoms. The minimum Gasteiger partial charge on any atom is -0.322 e. The first-order valence-electron chi connectivity index (χ1n) is 7.80. The van der Waals surface area contributed by atoms with E-state index in [2.05, 4.69) is 10.3 Å². The molecular formula is C17H14N4O3S. The molecule has 1 aliphatic rings. The lowest BCUT2D eigenvalue weighted by Crippen LogP contribution is -2.26. The molecule has 2 amide bonds. The maximum Gasteiger partial charge on any atom is 0.271 e. The van der Waals surface area contributed by atoms with Gasteiger partial charge in [-0.15, -0.1) is 11.3 Å². The van der Waals surface area contributed by atoms with Crippen molar-refractivity contribution in [2.75, 3.05) is 16.8 Å². The SMILES string of the molecule is O=C(Nc1cccc(N2CCCC2=O)c1)c1cnc2sccn2c1=O. The normalized spacial score (nSPS) is 14.2. The average Bonchev–Trinajstić information content (AvgIpc) is 3.24. The average molecular weight is 354 g/mol. The summed E-state index contributed by atoms with van der Waals surface area (Å²) in [6, 6.07) is 7.04. The van der Waals surface area contributed by atoms with Crippen molar-refractivity contribution >= 4 is 39.5 Å². The van der Waals surface area contributed by atoms with Gasteiger partial charge in [-0.25, -0.2) is 4.98 Å². The number of anilines is 2. The number of benzene rings is 1. The van der Waals surface area contributed by atoms with E-state index in [1.54, 1.807) is 34.7 Å². The molecule has 1 fully saturated rings. The Morgan fingerprint density at radius 1 is 1.28 bits per heavy atom. The van der Waals surface area contributed by atoms with Gasteiger partial charge in [0.15, 0.2) is 4.96 Å². The molecule has 126 valence electrons. The number of thiazole rings is 1. The Kier molecular flexibility index (Phi) is 3.81. The molecule has 0 spiro atoms. The summed E-state index contributed by atoms with van der Waals surface area (Å²) in [5.41, 5.74) is 0.827. The van der Waals surface area contributed by atoms with Crippen molar-refractivity contribution in [1.82, 2.24) is 9.38 Å². The Morgan fingerprint density at radius 3 is 2.96 bits per heavy atom. The highest BCUT2D eigenvalue weighted by atomic mass is 32.1. The Morgan fingerprint density at radius 2 is 2.16 bits per heavy atom. The molecule has 1 saturated heterocycles. The highest BCUT2D eigenvalue weighted by molar-refractivity contribution is 7.15. The summed E-state index contributed by atoms with van der Waals surface area (Å²) in [4.78, 5) is 43.0. The van der Waals surface area contributed by atoms with E-state index in [1.807, 2.05) is 6.07 Å². The largest absolute Gasteiger partial charge is 0.322 e. The number of carbonyl (C=O) groups excluding carboxylic acids is 2. The predicted octanol–water partition coefficient (Wildman–Crippen LogP) is 2.14. The second-order valence-electron chi connectivity index (χ2n) is 5.69. The van der Waals surface area contributed by atoms with Crippen LogP contribution in [0.2, 0.25) is 0 Å². The zero-order valence-electron chi connectivity index (χ0n) is 13.1. The molecule has 0 atom stereocenters. The highest BCUT2D eigenvalue weighted by Crippen LogP contribution is 2.24. The first-order valence-corrected chi connectivity index (χ1v) is 8.68. The number of carbonyl (C=O) groups is 2. The Labute approximate surface area is 146 Å². The second kappa shape index (κ2) is 6.14. The van der Waals surface area contributed by atoms with Crippen LogP contribution in [0.3, 0.4) is 0 Å². The number of rotatable bonds is 3. The monoisotopic (exact) mass is 354 g/mol. The zero-order chi connectivity index (χ0) is 17.4. The van der Waals surface area contributed by atoms with Crippen molar-refractivity contribution in [1.29, 1.82) is 0 Å². The molecule has 1 N–H and O–H groups in total. The fourth-order valence-corrected chi connectivity index (χ4v) is 3.53. The quantitative estimate of drug-likeness (QED) is 0.781. The number of aromatic nitrogens is 2. The van der Waals surface area contributed by atoms with Gasteiger partial charge in [-0.2, -0.15) is 0 Å². The van der Waals surface area contributed by atoms with Crippen LogP contribution in [-0.4, -0.2) is 27.7 Å². The minimum absolute atomic E-state index is 0.0291. The van der Waals surface area contributed by atoms with E-state index in [1.165, 1.54) is 21.9 Å². The Hall–Kier alpha value is -3.00. The number of fused-ring (bicyclic) bond motifs is 1. The molecule has 1 aromatic carbocycles. The van der Waals surface area contributed by atoms with Crippen LogP contribution in [0.5, 0.6) is 0 Å². The predicted molar refractivity (Wildman–Crippen MR) is 95.3 cm³/mol. The standard InChI is InChI=1S/C17H14N4O3S/c22-14-5-2-6-20(14)12-4-1-3-11(9-12)19-15(23)13-10-18-17-21(16(13)24)7-8-25-17/h1,3-4,7-10H,2,5-6H2,(H,19,23). The van der Waals surface area contributed by atoms with Gasteiger partial charge in [0.25, 0.3) is 11.5 Å². The van der Waals surface area contributed by atoms with Crippen LogP contribution < -0.4 is 15.8 Å². The lowest BCUT2D eigenvalue weighted by molar-refractivity contribution is -0.117. The molecule has 2 aromatic heterocycles. The first kappa shape index (κ1) is 15.5. The van der Waals surface area contributed by atoms with Crippen molar-refractivity contribution in [3.8, 4) is 0 Å². The van der Waals surface area contributed by atoms with Crippen molar-refractivity contribution in [2.45, 2.75) is 12.8 Å². The lowest BCUT2D eigenvalue weighted by atomic mass is 10.2. The van der Waals surface area contributed by atoms with Crippen LogP contribution in [0.25, 0.3) is 4.96 Å². The van der Waals surface area contributed by atoms with Gasteiger partial charge in [0.05, 0.1) is 0 Å². The summed E-state index contributed by atoms with van der Waals surface area (Å²) >= 11 is 1.32. The highest BCUT2D eigenvalue weighted by Gasteiger charge is 2.22. The van der Waals surface area contributed by atoms with Gasteiger partial charge in [0.2, 0.25) is 5.91 Å². The van der Waals surface area contributed by atoms with Crippen LogP contribution in [0.15, 0.2) is 46.8 Å². The first-order chi connectivity index (χ1) is 12.1. The van der Waals surface area contributed by atoms with E-state index in [0.717, 1.165) is 12.1 Å². The van der Waals surface area contributed by atoms with E-state index in [-0.39, 0.29) is 11.5 Å². The molecule has 1 aliphatic heterocycles. The fraction of sp³-hybridized carbons (Fsp3) is 0.176. The fourth-order valence-electron chi connectivity index (χ4n) is 2.85. The van der Waals surface area contributed by atoms with Crippen LogP contribution in [-0.2, 0) is 4.79 Å². The van der Waals surface area contributed by atoms with Crippen LogP contribution in [0.4, 0.5) is 11.4 Å². The van der Waals surface area contributed by atoms with E-state index in [9.17, 15) is 14.4 Å². The van der Waals surface area contributed by atoms with Gasteiger partial charge < -0.3 is 10.2 Å². The topological polar surface area (TPSA) is 83.8 Å². The van der Waals surface area contributed by atoms with Crippen LogP contribution in [0, 0.1) is 0 Å². The van der Waals surface area contributed by atoms with Gasteiger partial charge in [-0.05, 0) is 24.6 Å². The van der Waals surface area contributed by atoms with Crippen molar-refractivity contribution in [3.05, 3.63) is 58.0 Å². The molecule has 0 bridgehead atoms. The maximum atomic E-state index is 12.5. The third kappa shape index (κ3) is 2.80. The Bertz CT molecular complexity index is 1040.